The zero-order valence-electron chi connectivity index (χ0n) is 10.3. The quantitative estimate of drug-likeness (QED) is 0.828. The van der Waals surface area contributed by atoms with Crippen molar-refractivity contribution in [1.29, 1.82) is 0 Å². The molecule has 0 bridgehead atoms. The Morgan fingerprint density at radius 3 is 2.84 bits per heavy atom. The summed E-state index contributed by atoms with van der Waals surface area (Å²) in [6, 6.07) is 1.67. The molecule has 0 saturated heterocycles. The lowest BCUT2D eigenvalue weighted by Gasteiger charge is -2.22. The van der Waals surface area contributed by atoms with Gasteiger partial charge in [0, 0.05) is 11.8 Å². The van der Waals surface area contributed by atoms with E-state index in [1.165, 1.54) is 19.4 Å². The molecule has 2 aromatic heterocycles. The highest BCUT2D eigenvalue weighted by atomic mass is 35.5. The SMILES string of the molecule is Cc1cc([C@@](C)(O)c2conc2C(N)=O)cnc1Cl. The van der Waals surface area contributed by atoms with Gasteiger partial charge in [-0.2, -0.15) is 0 Å². The maximum Gasteiger partial charge on any atom is 0.271 e. The van der Waals surface area contributed by atoms with Crippen LogP contribution in [0.1, 0.15) is 34.1 Å². The molecule has 2 aromatic rings. The predicted molar refractivity (Wildman–Crippen MR) is 67.7 cm³/mol. The standard InChI is InChI=1S/C12H12ClN3O3/c1-6-3-7(4-15-10(6)13)12(2,18)8-5-19-16-9(8)11(14)17/h3-5,18H,1-2H3,(H2,14,17)/t12-/m1/s1. The fourth-order valence-electron chi connectivity index (χ4n) is 1.74. The van der Waals surface area contributed by atoms with E-state index in [0.29, 0.717) is 16.3 Å². The number of nitrogens with two attached hydrogens (primary N) is 1. The summed E-state index contributed by atoms with van der Waals surface area (Å²) in [6.45, 7) is 3.26. The molecule has 0 aliphatic rings. The van der Waals surface area contributed by atoms with Crippen molar-refractivity contribution in [2.75, 3.05) is 0 Å². The number of amides is 1. The van der Waals surface area contributed by atoms with E-state index < -0.39 is 11.5 Å². The summed E-state index contributed by atoms with van der Waals surface area (Å²) in [5.74, 6) is -0.775. The summed E-state index contributed by atoms with van der Waals surface area (Å²) in [6.07, 6.45) is 2.61. The molecule has 7 heteroatoms. The molecule has 0 fully saturated rings. The van der Waals surface area contributed by atoms with Crippen molar-refractivity contribution in [1.82, 2.24) is 10.1 Å². The number of aromatic nitrogens is 2. The van der Waals surface area contributed by atoms with Crippen molar-refractivity contribution in [3.63, 3.8) is 0 Å². The number of rotatable bonds is 3. The monoisotopic (exact) mass is 281 g/mol. The zero-order valence-corrected chi connectivity index (χ0v) is 11.1. The lowest BCUT2D eigenvalue weighted by atomic mass is 9.89. The molecular weight excluding hydrogens is 270 g/mol. The van der Waals surface area contributed by atoms with E-state index in [-0.39, 0.29) is 11.3 Å². The Morgan fingerprint density at radius 2 is 2.26 bits per heavy atom. The molecule has 1 amide bonds. The molecule has 0 aromatic carbocycles. The number of halogens is 1. The van der Waals surface area contributed by atoms with Crippen LogP contribution in [0.25, 0.3) is 0 Å². The number of primary amides is 1. The highest BCUT2D eigenvalue weighted by Gasteiger charge is 2.33. The number of carbonyl (C=O) groups is 1. The molecule has 1 atom stereocenters. The van der Waals surface area contributed by atoms with Gasteiger partial charge in [0.25, 0.3) is 5.91 Å². The third-order valence-corrected chi connectivity index (χ3v) is 3.30. The third kappa shape index (κ3) is 2.32. The van der Waals surface area contributed by atoms with Crippen molar-refractivity contribution in [2.45, 2.75) is 19.4 Å². The minimum Gasteiger partial charge on any atom is -0.380 e. The molecule has 0 radical (unpaired) electrons. The van der Waals surface area contributed by atoms with Gasteiger partial charge in [0.1, 0.15) is 17.0 Å². The summed E-state index contributed by atoms with van der Waals surface area (Å²) in [5.41, 5.74) is 4.91. The highest BCUT2D eigenvalue weighted by molar-refractivity contribution is 6.30. The smallest absolute Gasteiger partial charge is 0.271 e. The van der Waals surface area contributed by atoms with Crippen LogP contribution in [0.4, 0.5) is 0 Å². The number of aryl methyl sites for hydroxylation is 1. The average molecular weight is 282 g/mol. The van der Waals surface area contributed by atoms with Crippen LogP contribution >= 0.6 is 11.6 Å². The number of nitrogens with zero attached hydrogens (tertiary/aromatic N) is 2. The summed E-state index contributed by atoms with van der Waals surface area (Å²) >= 11 is 5.84. The third-order valence-electron chi connectivity index (χ3n) is 2.90. The van der Waals surface area contributed by atoms with Gasteiger partial charge in [0.15, 0.2) is 5.69 Å². The van der Waals surface area contributed by atoms with Crippen LogP contribution in [0.2, 0.25) is 5.15 Å². The van der Waals surface area contributed by atoms with E-state index in [1.807, 2.05) is 0 Å². The molecule has 0 spiro atoms. The second-order valence-electron chi connectivity index (χ2n) is 4.34. The van der Waals surface area contributed by atoms with Gasteiger partial charge in [-0.15, -0.1) is 0 Å². The van der Waals surface area contributed by atoms with Crippen LogP contribution < -0.4 is 5.73 Å². The Labute approximate surface area is 114 Å². The Bertz CT molecular complexity index is 637. The van der Waals surface area contributed by atoms with Crippen LogP contribution in [-0.4, -0.2) is 21.2 Å². The molecular formula is C12H12ClN3O3. The van der Waals surface area contributed by atoms with Gasteiger partial charge in [-0.1, -0.05) is 16.8 Å². The van der Waals surface area contributed by atoms with E-state index >= 15 is 0 Å². The molecule has 2 rings (SSSR count). The average Bonchev–Trinajstić information content (AvgIpc) is 2.82. The molecule has 0 aliphatic heterocycles. The maximum atomic E-state index is 11.2. The van der Waals surface area contributed by atoms with Gasteiger partial charge < -0.3 is 15.4 Å². The summed E-state index contributed by atoms with van der Waals surface area (Å²) in [5, 5.41) is 14.4. The van der Waals surface area contributed by atoms with E-state index in [2.05, 4.69) is 10.1 Å². The topological polar surface area (TPSA) is 102 Å². The summed E-state index contributed by atoms with van der Waals surface area (Å²) < 4.78 is 4.71. The summed E-state index contributed by atoms with van der Waals surface area (Å²) in [7, 11) is 0. The number of hydrogen-bond donors (Lipinski definition) is 2. The molecule has 2 heterocycles. The number of aliphatic hydroxyl groups is 1. The van der Waals surface area contributed by atoms with Crippen LogP contribution in [-0.2, 0) is 5.60 Å². The minimum absolute atomic E-state index is 0.113. The van der Waals surface area contributed by atoms with Gasteiger partial charge >= 0.3 is 0 Å². The maximum absolute atomic E-state index is 11.2. The predicted octanol–water partition coefficient (Wildman–Crippen LogP) is 1.39. The first-order chi connectivity index (χ1) is 8.84. The fourth-order valence-corrected chi connectivity index (χ4v) is 1.84. The van der Waals surface area contributed by atoms with Crippen LogP contribution in [0.15, 0.2) is 23.0 Å². The molecule has 0 aliphatic carbocycles. The first-order valence-electron chi connectivity index (χ1n) is 5.43. The molecule has 0 unspecified atom stereocenters. The molecule has 19 heavy (non-hydrogen) atoms. The largest absolute Gasteiger partial charge is 0.380 e. The van der Waals surface area contributed by atoms with E-state index in [0.717, 1.165) is 0 Å². The molecule has 3 N–H and O–H groups in total. The van der Waals surface area contributed by atoms with Crippen LogP contribution in [0, 0.1) is 6.92 Å². The molecule has 0 saturated carbocycles. The summed E-state index contributed by atoms with van der Waals surface area (Å²) in [4.78, 5) is 15.2. The van der Waals surface area contributed by atoms with Gasteiger partial charge in [0.2, 0.25) is 0 Å². The van der Waals surface area contributed by atoms with Gasteiger partial charge in [-0.3, -0.25) is 4.79 Å². The van der Waals surface area contributed by atoms with Crippen LogP contribution in [0.5, 0.6) is 0 Å². The van der Waals surface area contributed by atoms with E-state index in [1.54, 1.807) is 13.0 Å². The van der Waals surface area contributed by atoms with Crippen molar-refractivity contribution < 1.29 is 14.4 Å². The van der Waals surface area contributed by atoms with Crippen molar-refractivity contribution in [3.8, 4) is 0 Å². The number of pyridine rings is 1. The number of hydrogen-bond acceptors (Lipinski definition) is 5. The first-order valence-corrected chi connectivity index (χ1v) is 5.81. The lowest BCUT2D eigenvalue weighted by molar-refractivity contribution is 0.0920. The Morgan fingerprint density at radius 1 is 1.58 bits per heavy atom. The van der Waals surface area contributed by atoms with E-state index in [4.69, 9.17) is 21.9 Å². The second-order valence-corrected chi connectivity index (χ2v) is 4.70. The van der Waals surface area contributed by atoms with Crippen LogP contribution in [0.3, 0.4) is 0 Å². The van der Waals surface area contributed by atoms with Gasteiger partial charge in [0.05, 0.1) is 5.56 Å². The first kappa shape index (κ1) is 13.5. The van der Waals surface area contributed by atoms with Crippen molar-refractivity contribution in [2.24, 2.45) is 5.73 Å². The Hall–Kier alpha value is -1.92. The Balaban J connectivity index is 2.54. The lowest BCUT2D eigenvalue weighted by Crippen LogP contribution is -2.27. The van der Waals surface area contributed by atoms with E-state index in [9.17, 15) is 9.90 Å². The number of carbonyl (C=O) groups excluding carboxylic acids is 1. The minimum atomic E-state index is -1.51. The van der Waals surface area contributed by atoms with Crippen molar-refractivity contribution >= 4 is 17.5 Å². The highest BCUT2D eigenvalue weighted by Crippen LogP contribution is 2.32. The Kier molecular flexibility index (Phi) is 3.30. The van der Waals surface area contributed by atoms with Gasteiger partial charge in [-0.05, 0) is 25.5 Å². The normalized spacial score (nSPS) is 14.1. The van der Waals surface area contributed by atoms with Crippen molar-refractivity contribution in [3.05, 3.63) is 46.1 Å². The molecule has 100 valence electrons. The fraction of sp³-hybridized carbons (Fsp3) is 0.250. The zero-order chi connectivity index (χ0) is 14.2. The molecule has 6 nitrogen and oxygen atoms in total. The van der Waals surface area contributed by atoms with Gasteiger partial charge in [-0.25, -0.2) is 4.98 Å². The second kappa shape index (κ2) is 4.64.